The van der Waals surface area contributed by atoms with Crippen molar-refractivity contribution >= 4 is 17.7 Å². The summed E-state index contributed by atoms with van der Waals surface area (Å²) >= 11 is 0. The highest BCUT2D eigenvalue weighted by molar-refractivity contribution is 6.02. The number of hydrogen-bond acceptors (Lipinski definition) is 7. The largest absolute Gasteiger partial charge is 0.491 e. The van der Waals surface area contributed by atoms with Gasteiger partial charge in [0.05, 0.1) is 24.8 Å². The molecule has 10 nitrogen and oxygen atoms in total. The molecule has 13 heteroatoms. The molecule has 3 rings (SSSR count). The van der Waals surface area contributed by atoms with Gasteiger partial charge in [-0.15, -0.1) is 0 Å². The number of H-pyrrole nitrogens is 1. The number of halogens is 3. The topological polar surface area (TPSA) is 132 Å². The molecule has 196 valence electrons. The van der Waals surface area contributed by atoms with Gasteiger partial charge in [0.1, 0.15) is 23.6 Å². The van der Waals surface area contributed by atoms with E-state index in [9.17, 15) is 27.6 Å². The number of alkyl halides is 2. The highest BCUT2D eigenvalue weighted by Gasteiger charge is 2.57. The molecule has 1 fully saturated rings. The lowest BCUT2D eigenvalue weighted by molar-refractivity contribution is 0.0493. The number of rotatable bonds is 9. The lowest BCUT2D eigenvalue weighted by atomic mass is 10.2. The molecule has 2 heterocycles. The van der Waals surface area contributed by atoms with Gasteiger partial charge < -0.3 is 29.8 Å². The molecule has 2 atom stereocenters. The summed E-state index contributed by atoms with van der Waals surface area (Å²) in [5.41, 5.74) is -2.08. The number of anilines is 1. The molecule has 0 aliphatic heterocycles. The highest BCUT2D eigenvalue weighted by atomic mass is 19.3. The van der Waals surface area contributed by atoms with Gasteiger partial charge in [-0.05, 0) is 27.7 Å². The minimum absolute atomic E-state index is 0.0167. The molecule has 3 N–H and O–H groups in total. The van der Waals surface area contributed by atoms with Crippen LogP contribution in [-0.2, 0) is 4.74 Å². The molecule has 0 aromatic carbocycles. The van der Waals surface area contributed by atoms with E-state index in [4.69, 9.17) is 14.2 Å². The van der Waals surface area contributed by atoms with Crippen LogP contribution >= 0.6 is 0 Å². The molecule has 0 radical (unpaired) electrons. The van der Waals surface area contributed by atoms with Gasteiger partial charge in [-0.25, -0.2) is 22.9 Å². The van der Waals surface area contributed by atoms with E-state index in [0.717, 1.165) is 24.5 Å². The molecule has 0 bridgehead atoms. The lowest BCUT2D eigenvalue weighted by Gasteiger charge is -2.22. The predicted molar refractivity (Wildman–Crippen MR) is 122 cm³/mol. The van der Waals surface area contributed by atoms with Crippen LogP contribution in [0.5, 0.6) is 11.6 Å². The molecule has 2 aromatic heterocycles. The zero-order valence-corrected chi connectivity index (χ0v) is 20.1. The first-order chi connectivity index (χ1) is 16.7. The number of alkyl carbamates (subject to hydrolysis) is 1. The number of ether oxygens (including phenoxy) is 3. The van der Waals surface area contributed by atoms with Crippen LogP contribution in [0.3, 0.4) is 0 Å². The lowest BCUT2D eigenvalue weighted by Crippen LogP contribution is -2.40. The van der Waals surface area contributed by atoms with Crippen molar-refractivity contribution in [3.05, 3.63) is 46.3 Å². The SMILES string of the molecule is C[C@@H](COc1cc(=O)c(NC(=O)c2ncc(OC[C@H]3CC3(F)F)cc2F)c[nH]1)NC(=O)OC(C)(C)C. The van der Waals surface area contributed by atoms with Gasteiger partial charge in [-0.1, -0.05) is 0 Å². The van der Waals surface area contributed by atoms with Gasteiger partial charge in [0, 0.05) is 24.8 Å². The van der Waals surface area contributed by atoms with Crippen molar-refractivity contribution in [1.29, 1.82) is 0 Å². The summed E-state index contributed by atoms with van der Waals surface area (Å²) in [6, 6.07) is 1.49. The van der Waals surface area contributed by atoms with Crippen molar-refractivity contribution in [2.45, 2.75) is 51.7 Å². The second kappa shape index (κ2) is 10.5. The van der Waals surface area contributed by atoms with Crippen molar-refractivity contribution in [3.63, 3.8) is 0 Å². The summed E-state index contributed by atoms with van der Waals surface area (Å²) in [6.45, 7) is 6.59. The summed E-state index contributed by atoms with van der Waals surface area (Å²) in [7, 11) is 0. The Labute approximate surface area is 204 Å². The zero-order chi connectivity index (χ0) is 26.7. The van der Waals surface area contributed by atoms with Crippen LogP contribution in [0.25, 0.3) is 0 Å². The Morgan fingerprint density at radius 2 is 1.97 bits per heavy atom. The van der Waals surface area contributed by atoms with Crippen molar-refractivity contribution in [1.82, 2.24) is 15.3 Å². The standard InChI is InChI=1S/C23H27F3N4O6/c1-12(29-21(33)36-22(2,3)4)10-35-18-6-17(31)16(9-27-18)30-20(32)19-15(24)5-14(8-28-19)34-11-13-7-23(13,25)26/h5-6,8-9,12-13H,7,10-11H2,1-4H3,(H,27,31)(H,29,33)(H,30,32)/t12-,13+/m0/s1. The highest BCUT2D eigenvalue weighted by Crippen LogP contribution is 2.48. The first-order valence-electron chi connectivity index (χ1n) is 11.1. The molecule has 0 unspecified atom stereocenters. The number of aromatic amines is 1. The maximum atomic E-state index is 14.3. The Kier molecular flexibility index (Phi) is 7.80. The number of amides is 2. The van der Waals surface area contributed by atoms with E-state index in [0.29, 0.717) is 0 Å². The molecule has 0 spiro atoms. The van der Waals surface area contributed by atoms with Crippen LogP contribution in [0.2, 0.25) is 0 Å². The number of aromatic nitrogens is 2. The Morgan fingerprint density at radius 3 is 2.56 bits per heavy atom. The number of nitrogens with zero attached hydrogens (tertiary/aromatic N) is 1. The summed E-state index contributed by atoms with van der Waals surface area (Å²) in [5, 5.41) is 4.83. The molecule has 36 heavy (non-hydrogen) atoms. The maximum Gasteiger partial charge on any atom is 0.407 e. The fraction of sp³-hybridized carbons (Fsp3) is 0.478. The van der Waals surface area contributed by atoms with Crippen molar-refractivity contribution < 1.29 is 37.0 Å². The first-order valence-corrected chi connectivity index (χ1v) is 11.1. The van der Waals surface area contributed by atoms with Gasteiger partial charge in [-0.3, -0.25) is 9.59 Å². The van der Waals surface area contributed by atoms with E-state index < -0.39 is 52.4 Å². The van der Waals surface area contributed by atoms with Gasteiger partial charge in [-0.2, -0.15) is 0 Å². The first kappa shape index (κ1) is 26.8. The average Bonchev–Trinajstić information content (AvgIpc) is 3.37. The summed E-state index contributed by atoms with van der Waals surface area (Å²) in [6.07, 6.45) is 1.29. The van der Waals surface area contributed by atoms with Gasteiger partial charge in [0.25, 0.3) is 11.8 Å². The third-order valence-corrected chi connectivity index (χ3v) is 4.82. The Balaban J connectivity index is 1.52. The molecule has 1 saturated carbocycles. The number of nitrogens with one attached hydrogen (secondary N) is 3. The summed E-state index contributed by atoms with van der Waals surface area (Å²) in [5.74, 6) is -5.76. The number of carbonyl (C=O) groups is 2. The quantitative estimate of drug-likeness (QED) is 0.469. The maximum absolute atomic E-state index is 14.3. The fourth-order valence-electron chi connectivity index (χ4n) is 2.89. The molecule has 1 aliphatic carbocycles. The third-order valence-electron chi connectivity index (χ3n) is 4.82. The van der Waals surface area contributed by atoms with E-state index >= 15 is 0 Å². The van der Waals surface area contributed by atoms with Gasteiger partial charge >= 0.3 is 6.09 Å². The predicted octanol–water partition coefficient (Wildman–Crippen LogP) is 3.49. The smallest absolute Gasteiger partial charge is 0.407 e. The van der Waals surface area contributed by atoms with E-state index in [2.05, 4.69) is 20.6 Å². The van der Waals surface area contributed by atoms with E-state index in [1.165, 1.54) is 0 Å². The second-order valence-electron chi connectivity index (χ2n) is 9.36. The molecule has 2 aromatic rings. The second-order valence-corrected chi connectivity index (χ2v) is 9.36. The summed E-state index contributed by atoms with van der Waals surface area (Å²) in [4.78, 5) is 42.8. The Morgan fingerprint density at radius 1 is 1.28 bits per heavy atom. The van der Waals surface area contributed by atoms with Crippen LogP contribution < -0.4 is 25.5 Å². The minimum atomic E-state index is -2.77. The number of carbonyl (C=O) groups excluding carboxylic acids is 2. The Hall–Kier alpha value is -3.77. The van der Waals surface area contributed by atoms with E-state index in [1.807, 2.05) is 0 Å². The van der Waals surface area contributed by atoms with Crippen LogP contribution in [0, 0.1) is 11.7 Å². The van der Waals surface area contributed by atoms with Gasteiger partial charge in [0.15, 0.2) is 17.4 Å². The monoisotopic (exact) mass is 512 g/mol. The average molecular weight is 512 g/mol. The van der Waals surface area contributed by atoms with Crippen molar-refractivity contribution in [3.8, 4) is 11.6 Å². The van der Waals surface area contributed by atoms with Crippen molar-refractivity contribution in [2.24, 2.45) is 5.92 Å². The summed E-state index contributed by atoms with van der Waals surface area (Å²) < 4.78 is 55.8. The van der Waals surface area contributed by atoms with Crippen LogP contribution in [0.15, 0.2) is 29.3 Å². The minimum Gasteiger partial charge on any atom is -0.491 e. The third kappa shape index (κ3) is 7.62. The van der Waals surface area contributed by atoms with E-state index in [-0.39, 0.29) is 37.0 Å². The molecule has 0 saturated heterocycles. The van der Waals surface area contributed by atoms with Crippen molar-refractivity contribution in [2.75, 3.05) is 18.5 Å². The molecule has 2 amide bonds. The van der Waals surface area contributed by atoms with E-state index in [1.54, 1.807) is 27.7 Å². The molecule has 1 aliphatic rings. The normalized spacial score (nSPS) is 17.0. The number of pyridine rings is 2. The Bertz CT molecular complexity index is 1180. The van der Waals surface area contributed by atoms with Crippen LogP contribution in [-0.4, -0.2) is 52.7 Å². The fourth-order valence-corrected chi connectivity index (χ4v) is 2.89. The molecular formula is C23H27F3N4O6. The van der Waals surface area contributed by atoms with Gasteiger partial charge in [0.2, 0.25) is 5.43 Å². The van der Waals surface area contributed by atoms with Crippen LogP contribution in [0.1, 0.15) is 44.6 Å². The van der Waals surface area contributed by atoms with Crippen LogP contribution in [0.4, 0.5) is 23.7 Å². The molecular weight excluding hydrogens is 485 g/mol. The number of hydrogen-bond donors (Lipinski definition) is 3. The zero-order valence-electron chi connectivity index (χ0n) is 20.1.